The van der Waals surface area contributed by atoms with Crippen molar-refractivity contribution in [2.24, 2.45) is 0 Å². The van der Waals surface area contributed by atoms with E-state index in [1.807, 2.05) is 4.90 Å². The summed E-state index contributed by atoms with van der Waals surface area (Å²) < 4.78 is 11.4. The van der Waals surface area contributed by atoms with Crippen molar-refractivity contribution >= 4 is 27.6 Å². The number of methoxy groups -OCH3 is 2. The number of ether oxygens (including phenoxy) is 2. The molecule has 1 N–H and O–H groups in total. The monoisotopic (exact) mass is 315 g/mol. The van der Waals surface area contributed by atoms with Gasteiger partial charge in [-0.3, -0.25) is 0 Å². The summed E-state index contributed by atoms with van der Waals surface area (Å²) in [7, 11) is 3.20. The molecule has 0 aromatic heterocycles. The van der Waals surface area contributed by atoms with Crippen molar-refractivity contribution in [2.45, 2.75) is 5.79 Å². The largest absolute Gasteiger partial charge is 0.478 e. The van der Waals surface area contributed by atoms with Crippen molar-refractivity contribution in [3.05, 3.63) is 28.2 Å². The molecular weight excluding hydrogens is 302 g/mol. The number of nitrogens with zero attached hydrogens (tertiary/aromatic N) is 1. The third-order valence-electron chi connectivity index (χ3n) is 3.14. The highest BCUT2D eigenvalue weighted by atomic mass is 79.9. The summed E-state index contributed by atoms with van der Waals surface area (Å²) in [5.41, 5.74) is 1.10. The molecule has 1 aromatic rings. The van der Waals surface area contributed by atoms with E-state index in [2.05, 4.69) is 15.9 Å². The number of hydrogen-bond donors (Lipinski definition) is 1. The summed E-state index contributed by atoms with van der Waals surface area (Å²) in [5, 5.41) is 8.98. The summed E-state index contributed by atoms with van der Waals surface area (Å²) in [5.74, 6) is -1.52. The minimum atomic E-state index is -0.936. The molecule has 18 heavy (non-hydrogen) atoms. The van der Waals surface area contributed by atoms with Crippen LogP contribution in [0.25, 0.3) is 0 Å². The molecule has 1 heterocycles. The van der Waals surface area contributed by atoms with Crippen molar-refractivity contribution in [1.29, 1.82) is 0 Å². The van der Waals surface area contributed by atoms with Crippen LogP contribution in [0.1, 0.15) is 10.4 Å². The van der Waals surface area contributed by atoms with Gasteiger partial charge >= 0.3 is 5.97 Å². The predicted octanol–water partition coefficient (Wildman–Crippen LogP) is 1.96. The quantitative estimate of drug-likeness (QED) is 0.861. The Bertz CT molecular complexity index is 465. The molecule has 0 bridgehead atoms. The van der Waals surface area contributed by atoms with Crippen LogP contribution in [-0.4, -0.2) is 44.2 Å². The minimum absolute atomic E-state index is 0.264. The zero-order chi connectivity index (χ0) is 13.3. The van der Waals surface area contributed by atoms with E-state index in [1.165, 1.54) is 0 Å². The minimum Gasteiger partial charge on any atom is -0.478 e. The van der Waals surface area contributed by atoms with Gasteiger partial charge in [0.1, 0.15) is 0 Å². The third kappa shape index (κ3) is 2.23. The lowest BCUT2D eigenvalue weighted by atomic mass is 10.1. The molecule has 0 amide bonds. The van der Waals surface area contributed by atoms with Gasteiger partial charge in [-0.15, -0.1) is 0 Å². The van der Waals surface area contributed by atoms with Gasteiger partial charge in [-0.05, 0) is 34.1 Å². The van der Waals surface area contributed by atoms with Crippen LogP contribution in [0.4, 0.5) is 5.69 Å². The lowest BCUT2D eigenvalue weighted by Crippen LogP contribution is -2.64. The maximum absolute atomic E-state index is 10.9. The van der Waals surface area contributed by atoms with Gasteiger partial charge in [0.25, 0.3) is 0 Å². The first kappa shape index (κ1) is 13.3. The molecular formula is C12H14BrNO4. The van der Waals surface area contributed by atoms with Gasteiger partial charge in [-0.25, -0.2) is 4.79 Å². The number of anilines is 1. The van der Waals surface area contributed by atoms with Gasteiger partial charge < -0.3 is 19.5 Å². The zero-order valence-corrected chi connectivity index (χ0v) is 11.7. The Kier molecular flexibility index (Phi) is 3.61. The standard InChI is InChI=1S/C12H14BrNO4/c1-17-12(18-2)6-14(7-12)10-5-8(11(15)16)3-4-9(10)13/h3-5H,6-7H2,1-2H3,(H,15,16). The number of carboxylic acids is 1. The molecule has 2 rings (SSSR count). The summed E-state index contributed by atoms with van der Waals surface area (Å²) in [6, 6.07) is 4.94. The normalized spacial score (nSPS) is 17.4. The highest BCUT2D eigenvalue weighted by molar-refractivity contribution is 9.10. The first-order valence-corrected chi connectivity index (χ1v) is 6.19. The molecule has 1 saturated heterocycles. The van der Waals surface area contributed by atoms with E-state index >= 15 is 0 Å². The van der Waals surface area contributed by atoms with E-state index < -0.39 is 11.8 Å². The molecule has 0 spiro atoms. The number of halogens is 1. The number of rotatable bonds is 4. The van der Waals surface area contributed by atoms with Gasteiger partial charge in [0.05, 0.1) is 24.3 Å². The third-order valence-corrected chi connectivity index (χ3v) is 3.81. The zero-order valence-electron chi connectivity index (χ0n) is 10.1. The van der Waals surface area contributed by atoms with Crippen molar-refractivity contribution in [1.82, 2.24) is 0 Å². The number of aromatic carboxylic acids is 1. The fraction of sp³-hybridized carbons (Fsp3) is 0.417. The molecule has 0 unspecified atom stereocenters. The van der Waals surface area contributed by atoms with Gasteiger partial charge in [-0.2, -0.15) is 0 Å². The van der Waals surface area contributed by atoms with Gasteiger partial charge in [-0.1, -0.05) is 0 Å². The van der Waals surface area contributed by atoms with E-state index in [4.69, 9.17) is 14.6 Å². The Hall–Kier alpha value is -1.11. The van der Waals surface area contributed by atoms with Crippen LogP contribution in [0.2, 0.25) is 0 Å². The number of carbonyl (C=O) groups is 1. The van der Waals surface area contributed by atoms with Crippen LogP contribution >= 0.6 is 15.9 Å². The molecule has 1 aliphatic heterocycles. The fourth-order valence-corrected chi connectivity index (χ4v) is 2.43. The summed E-state index contributed by atoms with van der Waals surface area (Å²) >= 11 is 3.42. The van der Waals surface area contributed by atoms with Crippen LogP contribution in [-0.2, 0) is 9.47 Å². The predicted molar refractivity (Wildman–Crippen MR) is 70.1 cm³/mol. The van der Waals surface area contributed by atoms with Crippen LogP contribution in [0.3, 0.4) is 0 Å². The van der Waals surface area contributed by atoms with Gasteiger partial charge in [0, 0.05) is 18.7 Å². The lowest BCUT2D eigenvalue weighted by Gasteiger charge is -2.49. The highest BCUT2D eigenvalue weighted by Crippen LogP contribution is 2.35. The smallest absolute Gasteiger partial charge is 0.335 e. The summed E-state index contributed by atoms with van der Waals surface area (Å²) in [4.78, 5) is 13.0. The van der Waals surface area contributed by atoms with Crippen molar-refractivity contribution in [3.63, 3.8) is 0 Å². The first-order valence-electron chi connectivity index (χ1n) is 5.39. The van der Waals surface area contributed by atoms with E-state index in [-0.39, 0.29) is 5.56 Å². The molecule has 5 nitrogen and oxygen atoms in total. The Morgan fingerprint density at radius 2 is 2.00 bits per heavy atom. The topological polar surface area (TPSA) is 59.0 Å². The van der Waals surface area contributed by atoms with E-state index in [0.29, 0.717) is 13.1 Å². The van der Waals surface area contributed by atoms with E-state index in [1.54, 1.807) is 32.4 Å². The number of carboxylic acid groups (broad SMARTS) is 1. The SMILES string of the molecule is COC1(OC)CN(c2cc(C(=O)O)ccc2Br)C1. The van der Waals surface area contributed by atoms with Crippen LogP contribution < -0.4 is 4.90 Å². The lowest BCUT2D eigenvalue weighted by molar-refractivity contribution is -0.219. The van der Waals surface area contributed by atoms with Gasteiger partial charge in [0.2, 0.25) is 5.79 Å². The molecule has 1 aliphatic rings. The Morgan fingerprint density at radius 3 is 2.50 bits per heavy atom. The maximum Gasteiger partial charge on any atom is 0.335 e. The fourth-order valence-electron chi connectivity index (χ4n) is 1.94. The Labute approximate surface area is 113 Å². The van der Waals surface area contributed by atoms with Crippen LogP contribution in [0.15, 0.2) is 22.7 Å². The van der Waals surface area contributed by atoms with Crippen LogP contribution in [0, 0.1) is 0 Å². The summed E-state index contributed by atoms with van der Waals surface area (Å²) in [6.07, 6.45) is 0. The second kappa shape index (κ2) is 4.87. The van der Waals surface area contributed by atoms with Crippen molar-refractivity contribution < 1.29 is 19.4 Å². The molecule has 1 fully saturated rings. The summed E-state index contributed by atoms with van der Waals surface area (Å²) in [6.45, 7) is 1.14. The number of benzene rings is 1. The molecule has 6 heteroatoms. The average molecular weight is 316 g/mol. The molecule has 0 saturated carbocycles. The Balaban J connectivity index is 2.21. The molecule has 1 aromatic carbocycles. The van der Waals surface area contributed by atoms with Gasteiger partial charge in [0.15, 0.2) is 0 Å². The number of hydrogen-bond acceptors (Lipinski definition) is 4. The van der Waals surface area contributed by atoms with E-state index in [9.17, 15) is 4.79 Å². The van der Waals surface area contributed by atoms with E-state index in [0.717, 1.165) is 10.2 Å². The van der Waals surface area contributed by atoms with Crippen molar-refractivity contribution in [2.75, 3.05) is 32.2 Å². The second-order valence-electron chi connectivity index (χ2n) is 4.15. The highest BCUT2D eigenvalue weighted by Gasteiger charge is 2.44. The van der Waals surface area contributed by atoms with Crippen LogP contribution in [0.5, 0.6) is 0 Å². The Morgan fingerprint density at radius 1 is 1.39 bits per heavy atom. The second-order valence-corrected chi connectivity index (χ2v) is 5.00. The molecule has 0 atom stereocenters. The molecule has 0 aliphatic carbocycles. The van der Waals surface area contributed by atoms with Crippen molar-refractivity contribution in [3.8, 4) is 0 Å². The molecule has 0 radical (unpaired) electrons. The average Bonchev–Trinajstić information content (AvgIpc) is 2.30. The first-order chi connectivity index (χ1) is 8.51. The molecule has 98 valence electrons. The maximum atomic E-state index is 10.9.